The lowest BCUT2D eigenvalue weighted by atomic mass is 10.1. The number of hydrogen-bond acceptors (Lipinski definition) is 5. The Morgan fingerprint density at radius 2 is 2.26 bits per heavy atom. The Morgan fingerprint density at radius 3 is 2.84 bits per heavy atom. The van der Waals surface area contributed by atoms with Gasteiger partial charge in [0.05, 0.1) is 24.5 Å². The first-order valence-corrected chi connectivity index (χ1v) is 5.80. The van der Waals surface area contributed by atoms with Crippen LogP contribution in [0.5, 0.6) is 0 Å². The molecule has 0 aromatic heterocycles. The molecule has 0 aliphatic heterocycles. The van der Waals surface area contributed by atoms with Crippen LogP contribution in [0.25, 0.3) is 0 Å². The highest BCUT2D eigenvalue weighted by Gasteiger charge is 2.20. The SMILES string of the molecule is COCCN(CCO)C(=O)c1cccc(F)c1NN. The average Bonchev–Trinajstić information content (AvgIpc) is 2.42. The number of carbonyl (C=O) groups is 1. The molecule has 1 rings (SSSR count). The van der Waals surface area contributed by atoms with Crippen molar-refractivity contribution in [3.63, 3.8) is 0 Å². The molecular weight excluding hydrogens is 253 g/mol. The Labute approximate surface area is 110 Å². The minimum atomic E-state index is -0.607. The zero-order valence-corrected chi connectivity index (χ0v) is 10.7. The number of anilines is 1. The van der Waals surface area contributed by atoms with Gasteiger partial charge in [0.2, 0.25) is 0 Å². The minimum absolute atomic E-state index is 0.0622. The van der Waals surface area contributed by atoms with Gasteiger partial charge in [-0.1, -0.05) is 6.07 Å². The molecule has 0 aliphatic rings. The second-order valence-corrected chi connectivity index (χ2v) is 3.82. The number of hydrogen-bond donors (Lipinski definition) is 3. The normalized spacial score (nSPS) is 10.3. The predicted octanol–water partition coefficient (Wildman–Crippen LogP) is 0.192. The van der Waals surface area contributed by atoms with Crippen LogP contribution in [0.2, 0.25) is 0 Å². The van der Waals surface area contributed by atoms with Gasteiger partial charge < -0.3 is 20.2 Å². The predicted molar refractivity (Wildman–Crippen MR) is 69.1 cm³/mol. The standard InChI is InChI=1S/C12H18FN3O3/c1-19-8-6-16(5-7-17)12(18)9-3-2-4-10(13)11(9)15-14/h2-4,15,17H,5-8,14H2,1H3. The fourth-order valence-corrected chi connectivity index (χ4v) is 1.66. The summed E-state index contributed by atoms with van der Waals surface area (Å²) in [6.45, 7) is 0.585. The number of ether oxygens (including phenoxy) is 1. The van der Waals surface area contributed by atoms with E-state index >= 15 is 0 Å². The van der Waals surface area contributed by atoms with E-state index < -0.39 is 11.7 Å². The third-order valence-electron chi connectivity index (χ3n) is 2.61. The number of nitrogens with one attached hydrogen (secondary N) is 1. The summed E-state index contributed by atoms with van der Waals surface area (Å²) in [5, 5.41) is 8.96. The van der Waals surface area contributed by atoms with Crippen molar-refractivity contribution in [3.8, 4) is 0 Å². The summed E-state index contributed by atoms with van der Waals surface area (Å²) in [5.74, 6) is 4.20. The number of methoxy groups -OCH3 is 1. The van der Waals surface area contributed by atoms with Crippen LogP contribution in [0.4, 0.5) is 10.1 Å². The van der Waals surface area contributed by atoms with Crippen LogP contribution < -0.4 is 11.3 Å². The van der Waals surface area contributed by atoms with E-state index in [-0.39, 0.29) is 24.4 Å². The molecule has 6 nitrogen and oxygen atoms in total. The van der Waals surface area contributed by atoms with Gasteiger partial charge in [0.15, 0.2) is 0 Å². The molecular formula is C12H18FN3O3. The monoisotopic (exact) mass is 271 g/mol. The number of amides is 1. The Balaban J connectivity index is 2.98. The van der Waals surface area contributed by atoms with E-state index in [0.29, 0.717) is 13.2 Å². The fraction of sp³-hybridized carbons (Fsp3) is 0.417. The van der Waals surface area contributed by atoms with Gasteiger partial charge in [0.1, 0.15) is 5.82 Å². The average molecular weight is 271 g/mol. The second kappa shape index (κ2) is 7.67. The maximum absolute atomic E-state index is 13.5. The summed E-state index contributed by atoms with van der Waals surface area (Å²) in [7, 11) is 1.51. The molecule has 0 bridgehead atoms. The molecule has 0 spiro atoms. The second-order valence-electron chi connectivity index (χ2n) is 3.82. The van der Waals surface area contributed by atoms with E-state index in [4.69, 9.17) is 15.7 Å². The molecule has 1 amide bonds. The Hall–Kier alpha value is -1.70. The van der Waals surface area contributed by atoms with Gasteiger partial charge in [0, 0.05) is 20.2 Å². The van der Waals surface area contributed by atoms with E-state index in [2.05, 4.69) is 5.43 Å². The van der Waals surface area contributed by atoms with Crippen LogP contribution >= 0.6 is 0 Å². The van der Waals surface area contributed by atoms with E-state index in [1.54, 1.807) is 0 Å². The molecule has 1 aromatic carbocycles. The molecule has 4 N–H and O–H groups in total. The number of para-hydroxylation sites is 1. The third kappa shape index (κ3) is 3.88. The maximum Gasteiger partial charge on any atom is 0.256 e. The number of halogens is 1. The molecule has 1 aromatic rings. The molecule has 0 atom stereocenters. The van der Waals surface area contributed by atoms with E-state index in [1.165, 1.54) is 30.2 Å². The first kappa shape index (κ1) is 15.4. The van der Waals surface area contributed by atoms with Crippen molar-refractivity contribution in [3.05, 3.63) is 29.6 Å². The maximum atomic E-state index is 13.5. The summed E-state index contributed by atoms with van der Waals surface area (Å²) in [4.78, 5) is 13.6. The number of carbonyl (C=O) groups excluding carboxylic acids is 1. The van der Waals surface area contributed by atoms with Crippen molar-refractivity contribution in [2.75, 3.05) is 38.8 Å². The van der Waals surface area contributed by atoms with Crippen LogP contribution in [0.3, 0.4) is 0 Å². The van der Waals surface area contributed by atoms with Gasteiger partial charge in [0.25, 0.3) is 5.91 Å². The van der Waals surface area contributed by atoms with Crippen molar-refractivity contribution >= 4 is 11.6 Å². The van der Waals surface area contributed by atoms with E-state index in [0.717, 1.165) is 0 Å². The quantitative estimate of drug-likeness (QED) is 0.487. The largest absolute Gasteiger partial charge is 0.395 e. The number of nitrogen functional groups attached to an aromatic ring is 1. The molecule has 0 unspecified atom stereocenters. The highest BCUT2D eigenvalue weighted by atomic mass is 19.1. The minimum Gasteiger partial charge on any atom is -0.395 e. The van der Waals surface area contributed by atoms with E-state index in [9.17, 15) is 9.18 Å². The van der Waals surface area contributed by atoms with Gasteiger partial charge >= 0.3 is 0 Å². The zero-order valence-electron chi connectivity index (χ0n) is 10.7. The lowest BCUT2D eigenvalue weighted by Crippen LogP contribution is -2.36. The number of benzene rings is 1. The number of aliphatic hydroxyl groups is 1. The Kier molecular flexibility index (Phi) is 6.20. The zero-order chi connectivity index (χ0) is 14.3. The molecule has 7 heteroatoms. The lowest BCUT2D eigenvalue weighted by Gasteiger charge is -2.22. The molecule has 0 fully saturated rings. The number of hydrazine groups is 1. The number of nitrogens with two attached hydrogens (primary N) is 1. The number of rotatable bonds is 7. The van der Waals surface area contributed by atoms with Crippen molar-refractivity contribution in [1.29, 1.82) is 0 Å². The van der Waals surface area contributed by atoms with Crippen LogP contribution in [0.15, 0.2) is 18.2 Å². The first-order chi connectivity index (χ1) is 9.15. The number of nitrogens with zero attached hydrogens (tertiary/aromatic N) is 1. The molecule has 0 aliphatic carbocycles. The smallest absolute Gasteiger partial charge is 0.256 e. The summed E-state index contributed by atoms with van der Waals surface area (Å²) in [5.41, 5.74) is 2.24. The third-order valence-corrected chi connectivity index (χ3v) is 2.61. The lowest BCUT2D eigenvalue weighted by molar-refractivity contribution is 0.0657. The molecule has 106 valence electrons. The Bertz CT molecular complexity index is 429. The van der Waals surface area contributed by atoms with Crippen molar-refractivity contribution < 1.29 is 19.0 Å². The van der Waals surface area contributed by atoms with Crippen LogP contribution in [0, 0.1) is 5.82 Å². The highest BCUT2D eigenvalue weighted by molar-refractivity contribution is 5.99. The van der Waals surface area contributed by atoms with Gasteiger partial charge in [-0.3, -0.25) is 10.6 Å². The summed E-state index contributed by atoms with van der Waals surface area (Å²) in [6.07, 6.45) is 0. The molecule has 19 heavy (non-hydrogen) atoms. The van der Waals surface area contributed by atoms with Gasteiger partial charge in [-0.2, -0.15) is 0 Å². The van der Waals surface area contributed by atoms with Gasteiger partial charge in [-0.05, 0) is 12.1 Å². The van der Waals surface area contributed by atoms with Gasteiger partial charge in [-0.25, -0.2) is 4.39 Å². The Morgan fingerprint density at radius 1 is 1.53 bits per heavy atom. The van der Waals surface area contributed by atoms with E-state index in [1.807, 2.05) is 0 Å². The van der Waals surface area contributed by atoms with Crippen LogP contribution in [-0.2, 0) is 4.74 Å². The summed E-state index contributed by atoms with van der Waals surface area (Å²) < 4.78 is 18.4. The van der Waals surface area contributed by atoms with Crippen LogP contribution in [-0.4, -0.2) is 49.3 Å². The summed E-state index contributed by atoms with van der Waals surface area (Å²) >= 11 is 0. The van der Waals surface area contributed by atoms with Crippen molar-refractivity contribution in [2.24, 2.45) is 5.84 Å². The first-order valence-electron chi connectivity index (χ1n) is 5.80. The summed E-state index contributed by atoms with van der Waals surface area (Å²) in [6, 6.07) is 4.10. The van der Waals surface area contributed by atoms with Crippen molar-refractivity contribution in [1.82, 2.24) is 4.90 Å². The topological polar surface area (TPSA) is 87.8 Å². The van der Waals surface area contributed by atoms with Crippen LogP contribution in [0.1, 0.15) is 10.4 Å². The fourth-order valence-electron chi connectivity index (χ4n) is 1.66. The highest BCUT2D eigenvalue weighted by Crippen LogP contribution is 2.20. The molecule has 0 saturated heterocycles. The molecule has 0 saturated carbocycles. The molecule has 0 radical (unpaired) electrons. The number of aliphatic hydroxyl groups excluding tert-OH is 1. The van der Waals surface area contributed by atoms with Crippen molar-refractivity contribution in [2.45, 2.75) is 0 Å². The molecule has 0 heterocycles. The van der Waals surface area contributed by atoms with Gasteiger partial charge in [-0.15, -0.1) is 0 Å².